The summed E-state index contributed by atoms with van der Waals surface area (Å²) in [6.07, 6.45) is 2.38. The molecule has 2 aromatic carbocycles. The first-order valence-electron chi connectivity index (χ1n) is 12.4. The summed E-state index contributed by atoms with van der Waals surface area (Å²) < 4.78 is 37.7. The quantitative estimate of drug-likeness (QED) is 0.480. The Hall–Kier alpha value is -3.64. The van der Waals surface area contributed by atoms with Crippen LogP contribution in [-0.2, 0) is 30.8 Å². The number of phenolic OH excluding ortho intramolecular Hbond substituents is 1. The number of nitrogens with zero attached hydrogens (tertiary/aromatic N) is 2. The van der Waals surface area contributed by atoms with Crippen LogP contribution in [0.2, 0.25) is 0 Å². The van der Waals surface area contributed by atoms with Gasteiger partial charge in [-0.3, -0.25) is 4.79 Å². The number of sulfonamides is 1. The summed E-state index contributed by atoms with van der Waals surface area (Å²) in [6, 6.07) is 9.65. The Bertz CT molecular complexity index is 1260. The first-order chi connectivity index (χ1) is 18.2. The van der Waals surface area contributed by atoms with E-state index in [1.165, 1.54) is 31.4 Å². The van der Waals surface area contributed by atoms with Crippen LogP contribution in [0.3, 0.4) is 0 Å². The Morgan fingerprint density at radius 3 is 2.29 bits per heavy atom. The molecule has 2 aromatic rings. The van der Waals surface area contributed by atoms with Gasteiger partial charge in [-0.25, -0.2) is 18.0 Å². The maximum Gasteiger partial charge on any atom is 0.415 e. The van der Waals surface area contributed by atoms with E-state index in [2.05, 4.69) is 5.32 Å². The number of nitrogens with one attached hydrogen (secondary N) is 1. The molecule has 12 heteroatoms. The first-order valence-corrected chi connectivity index (χ1v) is 13.9. The van der Waals surface area contributed by atoms with Gasteiger partial charge >= 0.3 is 12.1 Å². The van der Waals surface area contributed by atoms with Crippen molar-refractivity contribution in [1.29, 1.82) is 0 Å². The SMILES string of the molecule is COC(=O)[C@H](Cc1ccc(OC(=O)N2CCCC2)cc1)NC(=O)[C@@H]1CCCN1S(=O)(=O)c1ccc(O)cc1. The topological polar surface area (TPSA) is 143 Å². The van der Waals surface area contributed by atoms with Gasteiger partial charge in [0.05, 0.1) is 12.0 Å². The third-order valence-electron chi connectivity index (χ3n) is 6.68. The number of esters is 1. The molecule has 0 spiro atoms. The predicted molar refractivity (Wildman–Crippen MR) is 136 cm³/mol. The average Bonchev–Trinajstić information content (AvgIpc) is 3.62. The number of ether oxygens (including phenoxy) is 2. The molecule has 2 N–H and O–H groups in total. The number of likely N-dealkylation sites (tertiary alicyclic amines) is 1. The molecule has 2 fully saturated rings. The van der Waals surface area contributed by atoms with Crippen LogP contribution in [0.5, 0.6) is 11.5 Å². The lowest BCUT2D eigenvalue weighted by molar-refractivity contribution is -0.145. The van der Waals surface area contributed by atoms with Crippen LogP contribution >= 0.6 is 0 Å². The highest BCUT2D eigenvalue weighted by Gasteiger charge is 2.40. The van der Waals surface area contributed by atoms with E-state index in [1.54, 1.807) is 29.2 Å². The molecule has 0 aliphatic carbocycles. The van der Waals surface area contributed by atoms with Gasteiger partial charge in [0.15, 0.2) is 0 Å². The summed E-state index contributed by atoms with van der Waals surface area (Å²) in [4.78, 5) is 39.5. The van der Waals surface area contributed by atoms with Crippen LogP contribution in [0.15, 0.2) is 53.4 Å². The Kier molecular flexibility index (Phi) is 8.52. The molecule has 2 amide bonds. The van der Waals surface area contributed by atoms with E-state index in [0.717, 1.165) is 17.1 Å². The van der Waals surface area contributed by atoms with Crippen molar-refractivity contribution in [3.8, 4) is 11.5 Å². The minimum Gasteiger partial charge on any atom is -0.508 e. The molecule has 38 heavy (non-hydrogen) atoms. The van der Waals surface area contributed by atoms with Gasteiger partial charge in [0.25, 0.3) is 0 Å². The monoisotopic (exact) mass is 545 g/mol. The van der Waals surface area contributed by atoms with Gasteiger partial charge < -0.3 is 24.8 Å². The van der Waals surface area contributed by atoms with Crippen molar-refractivity contribution >= 4 is 28.0 Å². The van der Waals surface area contributed by atoms with Crippen molar-refractivity contribution < 1.29 is 37.4 Å². The van der Waals surface area contributed by atoms with E-state index in [0.29, 0.717) is 37.2 Å². The lowest BCUT2D eigenvalue weighted by Crippen LogP contribution is -2.51. The number of benzene rings is 2. The summed E-state index contributed by atoms with van der Waals surface area (Å²) >= 11 is 0. The van der Waals surface area contributed by atoms with Crippen LogP contribution in [0.25, 0.3) is 0 Å². The van der Waals surface area contributed by atoms with Crippen molar-refractivity contribution in [2.24, 2.45) is 0 Å². The summed E-state index contributed by atoms with van der Waals surface area (Å²) in [7, 11) is -2.78. The number of hydrogen-bond acceptors (Lipinski definition) is 8. The second kappa shape index (κ2) is 11.8. The van der Waals surface area contributed by atoms with E-state index in [1.807, 2.05) is 0 Å². The normalized spacial score (nSPS) is 18.7. The van der Waals surface area contributed by atoms with Crippen molar-refractivity contribution in [3.63, 3.8) is 0 Å². The molecular weight excluding hydrogens is 514 g/mol. The number of phenols is 1. The molecule has 0 aromatic heterocycles. The zero-order valence-electron chi connectivity index (χ0n) is 21.0. The lowest BCUT2D eigenvalue weighted by atomic mass is 10.0. The predicted octanol–water partition coefficient (Wildman–Crippen LogP) is 2.04. The van der Waals surface area contributed by atoms with Crippen LogP contribution < -0.4 is 10.1 Å². The number of carbonyl (C=O) groups excluding carboxylic acids is 3. The van der Waals surface area contributed by atoms with E-state index >= 15 is 0 Å². The smallest absolute Gasteiger partial charge is 0.415 e. The second-order valence-electron chi connectivity index (χ2n) is 9.26. The number of amides is 2. The summed E-state index contributed by atoms with van der Waals surface area (Å²) in [6.45, 7) is 1.50. The fraction of sp³-hybridized carbons (Fsp3) is 0.423. The maximum absolute atomic E-state index is 13.2. The molecule has 0 bridgehead atoms. The molecule has 2 aliphatic rings. The standard InChI is InChI=1S/C26H31N3O8S/c1-36-25(32)22(17-18-6-10-20(11-7-18)37-26(33)28-14-2-3-15-28)27-24(31)23-5-4-16-29(23)38(34,35)21-12-8-19(30)9-13-21/h6-13,22-23,30H,2-5,14-17H2,1H3,(H,27,31)/t22-,23-/m0/s1. The Labute approximate surface area is 221 Å². The van der Waals surface area contributed by atoms with Crippen LogP contribution in [0.1, 0.15) is 31.2 Å². The minimum atomic E-state index is -3.99. The largest absolute Gasteiger partial charge is 0.508 e. The average molecular weight is 546 g/mol. The molecule has 0 unspecified atom stereocenters. The van der Waals surface area contributed by atoms with Gasteiger partial charge in [-0.15, -0.1) is 0 Å². The van der Waals surface area contributed by atoms with Crippen molar-refractivity contribution in [2.45, 2.75) is 49.1 Å². The highest BCUT2D eigenvalue weighted by atomic mass is 32.2. The summed E-state index contributed by atoms with van der Waals surface area (Å²) in [5.74, 6) is -0.978. The minimum absolute atomic E-state index is 0.0370. The zero-order chi connectivity index (χ0) is 27.3. The van der Waals surface area contributed by atoms with Crippen LogP contribution in [-0.4, -0.2) is 79.5 Å². The molecule has 2 atom stereocenters. The van der Waals surface area contributed by atoms with E-state index in [4.69, 9.17) is 9.47 Å². The summed E-state index contributed by atoms with van der Waals surface area (Å²) in [5.41, 5.74) is 0.682. The summed E-state index contributed by atoms with van der Waals surface area (Å²) in [5, 5.41) is 12.1. The van der Waals surface area contributed by atoms with Gasteiger partial charge in [0.1, 0.15) is 23.6 Å². The Morgan fingerprint density at radius 1 is 1.00 bits per heavy atom. The highest BCUT2D eigenvalue weighted by molar-refractivity contribution is 7.89. The molecule has 4 rings (SSSR count). The Balaban J connectivity index is 1.42. The number of rotatable bonds is 8. The van der Waals surface area contributed by atoms with Gasteiger partial charge in [-0.1, -0.05) is 12.1 Å². The second-order valence-corrected chi connectivity index (χ2v) is 11.2. The van der Waals surface area contributed by atoms with Gasteiger partial charge in [-0.05, 0) is 67.6 Å². The van der Waals surface area contributed by atoms with E-state index in [-0.39, 0.29) is 23.6 Å². The van der Waals surface area contributed by atoms with Crippen molar-refractivity contribution in [3.05, 3.63) is 54.1 Å². The molecule has 11 nitrogen and oxygen atoms in total. The van der Waals surface area contributed by atoms with Gasteiger partial charge in [0.2, 0.25) is 15.9 Å². The lowest BCUT2D eigenvalue weighted by Gasteiger charge is -2.25. The van der Waals surface area contributed by atoms with Crippen LogP contribution in [0, 0.1) is 0 Å². The van der Waals surface area contributed by atoms with Crippen molar-refractivity contribution in [1.82, 2.24) is 14.5 Å². The molecule has 204 valence electrons. The molecular formula is C26H31N3O8S. The number of aromatic hydroxyl groups is 1. The van der Waals surface area contributed by atoms with E-state index < -0.39 is 40.1 Å². The highest BCUT2D eigenvalue weighted by Crippen LogP contribution is 2.27. The number of hydrogen-bond donors (Lipinski definition) is 2. The maximum atomic E-state index is 13.2. The van der Waals surface area contributed by atoms with Gasteiger partial charge in [0, 0.05) is 26.1 Å². The number of methoxy groups -OCH3 is 1. The van der Waals surface area contributed by atoms with Crippen LogP contribution in [0.4, 0.5) is 4.79 Å². The third kappa shape index (κ3) is 6.25. The number of carbonyl (C=O) groups is 3. The van der Waals surface area contributed by atoms with Gasteiger partial charge in [-0.2, -0.15) is 4.31 Å². The fourth-order valence-corrected chi connectivity index (χ4v) is 6.30. The molecule has 2 aliphatic heterocycles. The molecule has 2 saturated heterocycles. The molecule has 0 saturated carbocycles. The van der Waals surface area contributed by atoms with E-state index in [9.17, 15) is 27.9 Å². The van der Waals surface area contributed by atoms with Crippen molar-refractivity contribution in [2.75, 3.05) is 26.7 Å². The molecule has 2 heterocycles. The fourth-order valence-electron chi connectivity index (χ4n) is 4.64. The molecule has 0 radical (unpaired) electrons. The third-order valence-corrected chi connectivity index (χ3v) is 8.61. The Morgan fingerprint density at radius 2 is 1.66 bits per heavy atom. The zero-order valence-corrected chi connectivity index (χ0v) is 21.9. The first kappa shape index (κ1) is 27.4.